The molecule has 0 aliphatic heterocycles. The van der Waals surface area contributed by atoms with Gasteiger partial charge in [0, 0.05) is 6.42 Å². The summed E-state index contributed by atoms with van der Waals surface area (Å²) in [5, 5.41) is 9.97. The quantitative estimate of drug-likeness (QED) is 0.779. The molecule has 2 rings (SSSR count). The summed E-state index contributed by atoms with van der Waals surface area (Å²) in [6.45, 7) is 8.23. The minimum Gasteiger partial charge on any atom is -0.449 e. The van der Waals surface area contributed by atoms with Crippen LogP contribution in [0, 0.1) is 0 Å². The van der Waals surface area contributed by atoms with Crippen molar-refractivity contribution >= 4 is 0 Å². The van der Waals surface area contributed by atoms with Crippen LogP contribution in [-0.4, -0.2) is 15.7 Å². The molecule has 1 heterocycles. The van der Waals surface area contributed by atoms with Crippen LogP contribution in [0.3, 0.4) is 0 Å². The molecule has 0 saturated heterocycles. The molecule has 0 spiro atoms. The molecule has 1 aromatic rings. The first kappa shape index (κ1) is 16.0. The molecule has 3 nitrogen and oxygen atoms in total. The Morgan fingerprint density at radius 1 is 1.10 bits per heavy atom. The highest BCUT2D eigenvalue weighted by Gasteiger charge is 2.19. The van der Waals surface area contributed by atoms with Gasteiger partial charge in [0.1, 0.15) is 6.26 Å². The zero-order valence-corrected chi connectivity index (χ0v) is 13.7. The molecule has 0 amide bonds. The van der Waals surface area contributed by atoms with Crippen LogP contribution in [0.15, 0.2) is 39.2 Å². The van der Waals surface area contributed by atoms with Crippen molar-refractivity contribution < 1.29 is 9.52 Å². The number of nitrogens with zero attached hydrogens (tertiary/aromatic N) is 1. The second-order valence-electron chi connectivity index (χ2n) is 6.86. The van der Waals surface area contributed by atoms with Crippen LogP contribution < -0.4 is 0 Å². The van der Waals surface area contributed by atoms with E-state index in [1.54, 1.807) is 12.5 Å². The lowest BCUT2D eigenvalue weighted by atomic mass is 9.82. The molecule has 1 N–H and O–H groups in total. The predicted octanol–water partition coefficient (Wildman–Crippen LogP) is 4.59. The van der Waals surface area contributed by atoms with Crippen molar-refractivity contribution in [3.05, 3.63) is 40.6 Å². The first-order valence-electron chi connectivity index (χ1n) is 7.81. The molecule has 1 aromatic heterocycles. The summed E-state index contributed by atoms with van der Waals surface area (Å²) in [6.07, 6.45) is 9.12. The number of aromatic nitrogens is 1. The zero-order valence-electron chi connectivity index (χ0n) is 13.7. The van der Waals surface area contributed by atoms with E-state index in [1.807, 2.05) is 13.8 Å². The number of hydrogen-bond acceptors (Lipinski definition) is 3. The van der Waals surface area contributed by atoms with Gasteiger partial charge < -0.3 is 9.52 Å². The van der Waals surface area contributed by atoms with Crippen LogP contribution in [0.5, 0.6) is 0 Å². The molecule has 0 saturated carbocycles. The molecule has 1 aliphatic carbocycles. The van der Waals surface area contributed by atoms with Crippen molar-refractivity contribution in [2.24, 2.45) is 0 Å². The highest BCUT2D eigenvalue weighted by atomic mass is 16.3. The number of oxazole rings is 1. The summed E-state index contributed by atoms with van der Waals surface area (Å²) < 4.78 is 5.34. The molecule has 0 radical (unpaired) electrons. The molecular formula is C18H27NO2. The lowest BCUT2D eigenvalue weighted by molar-refractivity contribution is 0.0711. The smallest absolute Gasteiger partial charge is 0.194 e. The molecule has 0 bridgehead atoms. The van der Waals surface area contributed by atoms with Gasteiger partial charge in [-0.2, -0.15) is 0 Å². The normalized spacial score (nSPS) is 16.8. The van der Waals surface area contributed by atoms with Crippen molar-refractivity contribution in [2.45, 2.75) is 71.8 Å². The van der Waals surface area contributed by atoms with E-state index in [1.165, 1.54) is 22.3 Å². The van der Waals surface area contributed by atoms with E-state index in [2.05, 4.69) is 18.8 Å². The molecular weight excluding hydrogens is 262 g/mol. The summed E-state index contributed by atoms with van der Waals surface area (Å²) in [5.41, 5.74) is 5.41. The number of aryl methyl sites for hydroxylation is 1. The third kappa shape index (κ3) is 4.85. The van der Waals surface area contributed by atoms with E-state index in [9.17, 15) is 5.11 Å². The molecule has 1 aliphatic rings. The Morgan fingerprint density at radius 3 is 2.24 bits per heavy atom. The molecule has 0 fully saturated rings. The number of hydrogen-bond donors (Lipinski definition) is 1. The van der Waals surface area contributed by atoms with Crippen LogP contribution >= 0.6 is 0 Å². The van der Waals surface area contributed by atoms with Gasteiger partial charge in [-0.1, -0.05) is 22.3 Å². The van der Waals surface area contributed by atoms with E-state index in [4.69, 9.17) is 4.42 Å². The minimum absolute atomic E-state index is 0.592. The fraction of sp³-hybridized carbons (Fsp3) is 0.611. The van der Waals surface area contributed by atoms with E-state index >= 15 is 0 Å². The average molecular weight is 289 g/mol. The standard InChI is InChI=1S/C18H27NO2/c1-13-11-15(5-6-17-19-9-10-21-17)16(12-14(13)2)7-8-18(3,4)20/h9-10,20H,5-8,11-12H2,1-4H3. The van der Waals surface area contributed by atoms with Gasteiger partial charge in [-0.15, -0.1) is 0 Å². The topological polar surface area (TPSA) is 46.3 Å². The maximum Gasteiger partial charge on any atom is 0.194 e. The van der Waals surface area contributed by atoms with Crippen molar-refractivity contribution in [1.82, 2.24) is 4.98 Å². The van der Waals surface area contributed by atoms with Gasteiger partial charge in [0.05, 0.1) is 11.8 Å². The Hall–Kier alpha value is -1.35. The first-order valence-corrected chi connectivity index (χ1v) is 7.81. The first-order chi connectivity index (χ1) is 9.85. The van der Waals surface area contributed by atoms with Gasteiger partial charge >= 0.3 is 0 Å². The molecule has 116 valence electrons. The van der Waals surface area contributed by atoms with E-state index in [0.717, 1.165) is 44.4 Å². The summed E-state index contributed by atoms with van der Waals surface area (Å²) in [6, 6.07) is 0. The monoisotopic (exact) mass is 289 g/mol. The maximum absolute atomic E-state index is 9.97. The van der Waals surface area contributed by atoms with E-state index in [-0.39, 0.29) is 0 Å². The van der Waals surface area contributed by atoms with E-state index in [0.29, 0.717) is 0 Å². The lowest BCUT2D eigenvalue weighted by Crippen LogP contribution is -2.19. The number of allylic oxidation sites excluding steroid dienone is 4. The van der Waals surface area contributed by atoms with Crippen molar-refractivity contribution in [3.63, 3.8) is 0 Å². The summed E-state index contributed by atoms with van der Waals surface area (Å²) in [5.74, 6) is 0.813. The lowest BCUT2D eigenvalue weighted by Gasteiger charge is -2.25. The second-order valence-corrected chi connectivity index (χ2v) is 6.86. The van der Waals surface area contributed by atoms with Crippen molar-refractivity contribution in [2.75, 3.05) is 0 Å². The third-order valence-corrected chi connectivity index (χ3v) is 4.35. The van der Waals surface area contributed by atoms with Gasteiger partial charge in [0.2, 0.25) is 0 Å². The SMILES string of the molecule is CC1=C(C)CC(CCC(C)(C)O)=C(CCc2ncco2)C1. The number of rotatable bonds is 6. The van der Waals surface area contributed by atoms with Gasteiger partial charge in [0.25, 0.3) is 0 Å². The van der Waals surface area contributed by atoms with Crippen LogP contribution in [0.4, 0.5) is 0 Å². The Bertz CT molecular complexity index is 530. The molecule has 3 heteroatoms. The van der Waals surface area contributed by atoms with Crippen molar-refractivity contribution in [1.29, 1.82) is 0 Å². The summed E-state index contributed by atoms with van der Waals surface area (Å²) in [4.78, 5) is 4.20. The van der Waals surface area contributed by atoms with Crippen LogP contribution in [0.1, 0.15) is 65.7 Å². The predicted molar refractivity (Wildman–Crippen MR) is 85.0 cm³/mol. The third-order valence-electron chi connectivity index (χ3n) is 4.35. The Labute approximate surface area is 127 Å². The Morgan fingerprint density at radius 2 is 1.71 bits per heavy atom. The molecule has 0 aromatic carbocycles. The van der Waals surface area contributed by atoms with Gasteiger partial charge in [-0.3, -0.25) is 0 Å². The minimum atomic E-state index is -0.592. The highest BCUT2D eigenvalue weighted by Crippen LogP contribution is 2.35. The van der Waals surface area contributed by atoms with Crippen molar-refractivity contribution in [3.8, 4) is 0 Å². The Kier molecular flexibility index (Phi) is 5.04. The Balaban J connectivity index is 2.05. The van der Waals surface area contributed by atoms with Crippen LogP contribution in [-0.2, 0) is 6.42 Å². The maximum atomic E-state index is 9.97. The fourth-order valence-electron chi connectivity index (χ4n) is 2.81. The summed E-state index contributed by atoms with van der Waals surface area (Å²) >= 11 is 0. The zero-order chi connectivity index (χ0) is 15.5. The largest absolute Gasteiger partial charge is 0.449 e. The second kappa shape index (κ2) is 6.61. The van der Waals surface area contributed by atoms with Gasteiger partial charge in [-0.25, -0.2) is 4.98 Å². The average Bonchev–Trinajstić information content (AvgIpc) is 2.90. The summed E-state index contributed by atoms with van der Waals surface area (Å²) in [7, 11) is 0. The van der Waals surface area contributed by atoms with Crippen LogP contribution in [0.25, 0.3) is 0 Å². The molecule has 0 atom stereocenters. The molecule has 21 heavy (non-hydrogen) atoms. The number of aliphatic hydroxyl groups is 1. The fourth-order valence-corrected chi connectivity index (χ4v) is 2.81. The van der Waals surface area contributed by atoms with Crippen LogP contribution in [0.2, 0.25) is 0 Å². The van der Waals surface area contributed by atoms with Gasteiger partial charge in [-0.05, 0) is 59.8 Å². The van der Waals surface area contributed by atoms with E-state index < -0.39 is 5.60 Å². The van der Waals surface area contributed by atoms with Gasteiger partial charge in [0.15, 0.2) is 5.89 Å². The highest BCUT2D eigenvalue weighted by molar-refractivity contribution is 5.33. The molecule has 0 unspecified atom stereocenters.